The smallest absolute Gasteiger partial charge is 0.348 e. The summed E-state index contributed by atoms with van der Waals surface area (Å²) >= 11 is 0.858. The number of benzene rings is 1. The van der Waals surface area contributed by atoms with Crippen LogP contribution in [0.2, 0.25) is 0 Å². The molecule has 4 aromatic rings. The normalized spacial score (nSPS) is 20.8. The fourth-order valence-electron chi connectivity index (χ4n) is 4.47. The summed E-state index contributed by atoms with van der Waals surface area (Å²) in [4.78, 5) is 34.2. The quantitative estimate of drug-likeness (QED) is 0.429. The molecule has 3 aromatic heterocycles. The van der Waals surface area contributed by atoms with Crippen molar-refractivity contribution in [1.29, 1.82) is 0 Å². The predicted octanol–water partition coefficient (Wildman–Crippen LogP) is 1.79. The standard InChI is InChI=1S/C19H16F2N8OS/c20-10-3-9(13-15(12(10)21)31-18(22)26-13)11-4-23-14-16(25-11)27-19(30)28-17(14)29-5-7-1-2-8(6-29)24-7/h3-4,7-8,24H,1-2,5-6H2,(H2,22,26)(H,25,27,28,30). The number of aromatic amines is 1. The second kappa shape index (κ2) is 6.62. The van der Waals surface area contributed by atoms with E-state index in [9.17, 15) is 13.6 Å². The van der Waals surface area contributed by atoms with Crippen LogP contribution in [0, 0.1) is 11.6 Å². The van der Waals surface area contributed by atoms with E-state index in [1.807, 2.05) is 0 Å². The molecule has 2 bridgehead atoms. The molecule has 2 saturated heterocycles. The summed E-state index contributed by atoms with van der Waals surface area (Å²) in [7, 11) is 0. The molecule has 2 fully saturated rings. The van der Waals surface area contributed by atoms with Crippen molar-refractivity contribution in [3.63, 3.8) is 0 Å². The molecule has 0 amide bonds. The number of rotatable bonds is 2. The lowest BCUT2D eigenvalue weighted by molar-refractivity contribution is 0.464. The predicted molar refractivity (Wildman–Crippen MR) is 113 cm³/mol. The number of hydrogen-bond donors (Lipinski definition) is 3. The van der Waals surface area contributed by atoms with Crippen molar-refractivity contribution >= 4 is 43.7 Å². The maximum atomic E-state index is 14.2. The number of nitrogen functional groups attached to an aromatic ring is 1. The molecule has 9 nitrogen and oxygen atoms in total. The number of nitrogens with zero attached hydrogens (tertiary/aromatic N) is 5. The number of aromatic nitrogens is 5. The first-order valence-electron chi connectivity index (χ1n) is 9.78. The molecule has 0 saturated carbocycles. The highest BCUT2D eigenvalue weighted by molar-refractivity contribution is 7.22. The van der Waals surface area contributed by atoms with E-state index in [1.54, 1.807) is 0 Å². The molecule has 12 heteroatoms. The van der Waals surface area contributed by atoms with Crippen molar-refractivity contribution in [2.75, 3.05) is 23.7 Å². The summed E-state index contributed by atoms with van der Waals surface area (Å²) in [5.41, 5.74) is 6.52. The first kappa shape index (κ1) is 18.5. The van der Waals surface area contributed by atoms with Gasteiger partial charge in [0, 0.05) is 30.7 Å². The van der Waals surface area contributed by atoms with Gasteiger partial charge < -0.3 is 16.0 Å². The maximum Gasteiger partial charge on any atom is 0.348 e. The van der Waals surface area contributed by atoms with Crippen LogP contribution in [0.1, 0.15) is 12.8 Å². The average molecular weight is 442 g/mol. The fraction of sp³-hybridized carbons (Fsp3) is 0.316. The number of hydrogen-bond acceptors (Lipinski definition) is 9. The molecule has 2 atom stereocenters. The van der Waals surface area contributed by atoms with E-state index >= 15 is 0 Å². The molecule has 31 heavy (non-hydrogen) atoms. The monoisotopic (exact) mass is 442 g/mol. The van der Waals surface area contributed by atoms with Crippen LogP contribution in [0.25, 0.3) is 32.6 Å². The van der Waals surface area contributed by atoms with E-state index in [0.29, 0.717) is 23.4 Å². The van der Waals surface area contributed by atoms with Gasteiger partial charge in [0.2, 0.25) is 0 Å². The largest absolute Gasteiger partial charge is 0.375 e. The highest BCUT2D eigenvalue weighted by Gasteiger charge is 2.34. The Hall–Kier alpha value is -3.25. The number of thiazole rings is 1. The molecular weight excluding hydrogens is 426 g/mol. The van der Waals surface area contributed by atoms with E-state index in [2.05, 4.69) is 35.1 Å². The second-order valence-electron chi connectivity index (χ2n) is 7.81. The van der Waals surface area contributed by atoms with Gasteiger partial charge in [0.1, 0.15) is 5.52 Å². The zero-order chi connectivity index (χ0) is 21.3. The van der Waals surface area contributed by atoms with Crippen LogP contribution in [0.5, 0.6) is 0 Å². The van der Waals surface area contributed by atoms with E-state index in [0.717, 1.165) is 43.3 Å². The molecule has 0 aliphatic carbocycles. The molecule has 4 N–H and O–H groups in total. The summed E-state index contributed by atoms with van der Waals surface area (Å²) < 4.78 is 28.4. The summed E-state index contributed by atoms with van der Waals surface area (Å²) in [6.07, 6.45) is 3.62. The van der Waals surface area contributed by atoms with Crippen molar-refractivity contribution in [2.45, 2.75) is 24.9 Å². The van der Waals surface area contributed by atoms with Gasteiger partial charge in [-0.05, 0) is 18.9 Å². The van der Waals surface area contributed by atoms with Crippen molar-refractivity contribution < 1.29 is 8.78 Å². The third kappa shape index (κ3) is 2.93. The molecule has 158 valence electrons. The molecule has 2 aliphatic heterocycles. The van der Waals surface area contributed by atoms with E-state index < -0.39 is 17.3 Å². The number of H-pyrrole nitrogens is 1. The maximum absolute atomic E-state index is 14.2. The number of anilines is 2. The fourth-order valence-corrected chi connectivity index (χ4v) is 5.25. The third-order valence-corrected chi connectivity index (χ3v) is 6.67. The van der Waals surface area contributed by atoms with Crippen LogP contribution >= 0.6 is 11.3 Å². The Kier molecular flexibility index (Phi) is 3.96. The van der Waals surface area contributed by atoms with Gasteiger partial charge in [-0.1, -0.05) is 11.3 Å². The Bertz CT molecular complexity index is 1410. The second-order valence-corrected chi connectivity index (χ2v) is 8.84. The Morgan fingerprint density at radius 1 is 1.13 bits per heavy atom. The van der Waals surface area contributed by atoms with Crippen LogP contribution in [-0.2, 0) is 0 Å². The van der Waals surface area contributed by atoms with E-state index in [4.69, 9.17) is 5.73 Å². The number of nitrogens with two attached hydrogens (primary N) is 1. The molecule has 1 aromatic carbocycles. The minimum absolute atomic E-state index is 0.00889. The Balaban J connectivity index is 1.51. The molecule has 0 spiro atoms. The van der Waals surface area contributed by atoms with Gasteiger partial charge in [-0.25, -0.2) is 28.5 Å². The zero-order valence-corrected chi connectivity index (χ0v) is 16.8. The Labute approximate surface area is 177 Å². The summed E-state index contributed by atoms with van der Waals surface area (Å²) in [6, 6.07) is 1.72. The summed E-state index contributed by atoms with van der Waals surface area (Å²) in [5.74, 6) is -1.56. The molecule has 2 unspecified atom stereocenters. The average Bonchev–Trinajstić information content (AvgIpc) is 3.30. The minimum atomic E-state index is -1.03. The Morgan fingerprint density at radius 2 is 1.90 bits per heavy atom. The number of halogens is 2. The van der Waals surface area contributed by atoms with Gasteiger partial charge in [-0.15, -0.1) is 0 Å². The van der Waals surface area contributed by atoms with Crippen molar-refractivity contribution in [1.82, 2.24) is 30.2 Å². The number of fused-ring (bicyclic) bond motifs is 4. The van der Waals surface area contributed by atoms with Crippen LogP contribution in [0.3, 0.4) is 0 Å². The lowest BCUT2D eigenvalue weighted by Gasteiger charge is -2.33. The topological polar surface area (TPSA) is 126 Å². The first-order chi connectivity index (χ1) is 15.0. The Morgan fingerprint density at radius 3 is 2.68 bits per heavy atom. The van der Waals surface area contributed by atoms with Gasteiger partial charge in [0.15, 0.2) is 28.2 Å². The first-order valence-corrected chi connectivity index (χ1v) is 10.6. The molecule has 5 heterocycles. The molecular formula is C19H16F2N8OS. The number of nitrogens with one attached hydrogen (secondary N) is 2. The van der Waals surface area contributed by atoms with E-state index in [1.165, 1.54) is 6.20 Å². The zero-order valence-electron chi connectivity index (χ0n) is 16.0. The minimum Gasteiger partial charge on any atom is -0.375 e. The number of piperazine rings is 1. The highest BCUT2D eigenvalue weighted by atomic mass is 32.1. The SMILES string of the molecule is Nc1nc2c(-c3cnc4c(N5CC6CCC(C5)N6)nc(=O)[nH]c4n3)cc(F)c(F)c2s1. The van der Waals surface area contributed by atoms with Gasteiger partial charge >= 0.3 is 5.69 Å². The third-order valence-electron chi connectivity index (χ3n) is 5.79. The van der Waals surface area contributed by atoms with Crippen LogP contribution in [0.15, 0.2) is 17.1 Å². The summed E-state index contributed by atoms with van der Waals surface area (Å²) in [5, 5.41) is 3.65. The van der Waals surface area contributed by atoms with Gasteiger partial charge in [-0.2, -0.15) is 4.98 Å². The van der Waals surface area contributed by atoms with Gasteiger partial charge in [-0.3, -0.25) is 4.98 Å². The molecule has 6 rings (SSSR count). The van der Waals surface area contributed by atoms with E-state index in [-0.39, 0.29) is 32.3 Å². The van der Waals surface area contributed by atoms with Crippen LogP contribution in [-0.4, -0.2) is 50.1 Å². The van der Waals surface area contributed by atoms with Crippen molar-refractivity contribution in [3.05, 3.63) is 34.4 Å². The molecule has 2 aliphatic rings. The highest BCUT2D eigenvalue weighted by Crippen LogP contribution is 2.36. The molecule has 0 radical (unpaired) electrons. The van der Waals surface area contributed by atoms with Crippen LogP contribution < -0.4 is 21.6 Å². The van der Waals surface area contributed by atoms with Crippen molar-refractivity contribution in [2.24, 2.45) is 0 Å². The lowest BCUT2D eigenvalue weighted by Crippen LogP contribution is -2.51. The summed E-state index contributed by atoms with van der Waals surface area (Å²) in [6.45, 7) is 1.46. The van der Waals surface area contributed by atoms with Gasteiger partial charge in [0.25, 0.3) is 0 Å². The van der Waals surface area contributed by atoms with Gasteiger partial charge in [0.05, 0.1) is 22.1 Å². The van der Waals surface area contributed by atoms with Crippen molar-refractivity contribution in [3.8, 4) is 11.3 Å². The van der Waals surface area contributed by atoms with Crippen LogP contribution in [0.4, 0.5) is 19.7 Å². The lowest BCUT2D eigenvalue weighted by atomic mass is 10.1.